The molecule has 0 aliphatic carbocycles. The smallest absolute Gasteiger partial charge is 1.00 e. The van der Waals surface area contributed by atoms with Crippen molar-refractivity contribution in [3.05, 3.63) is 24.8 Å². The molecular weight excluding hydrogens is 795 g/mol. The SMILES string of the molecule is C.CC(C)=O.CCCCCCN1C=CN(C)C1.CCCCCCN1C=CN(C)C1.O=S(=O)([O-])C(F)(F)C(F)F.O=S(=O)([O-])C(F)(F)C(F)F.[Cl-].[K+]. The zero-order valence-corrected chi connectivity index (χ0v) is 34.8. The molecule has 51 heavy (non-hydrogen) atoms. The summed E-state index contributed by atoms with van der Waals surface area (Å²) in [6.07, 6.45) is 10.6. The second-order valence-corrected chi connectivity index (χ2v) is 13.6. The van der Waals surface area contributed by atoms with Gasteiger partial charge in [-0.15, -0.1) is 0 Å². The molecule has 0 aromatic rings. The summed E-state index contributed by atoms with van der Waals surface area (Å²) >= 11 is 0. The summed E-state index contributed by atoms with van der Waals surface area (Å²) in [6, 6.07) is 0. The predicted molar refractivity (Wildman–Crippen MR) is 170 cm³/mol. The van der Waals surface area contributed by atoms with Crippen molar-refractivity contribution in [2.75, 3.05) is 40.5 Å². The summed E-state index contributed by atoms with van der Waals surface area (Å²) in [7, 11) is -8.24. The molecule has 0 aromatic heterocycles. The molecule has 0 spiro atoms. The fourth-order valence-corrected chi connectivity index (χ4v) is 3.61. The molecule has 0 radical (unpaired) electrons. The third-order valence-electron chi connectivity index (χ3n) is 5.65. The Labute approximate surface area is 347 Å². The third kappa shape index (κ3) is 31.6. The number of nitrogens with zero attached hydrogens (tertiary/aromatic N) is 4. The van der Waals surface area contributed by atoms with Crippen molar-refractivity contribution in [1.29, 1.82) is 0 Å². The standard InChI is InChI=1S/2C10H20N2.C3H6O.2C2H2F4O3S.CH4.ClH.K/c2*1-3-4-5-6-7-12-9-8-11(2)10-12;1-3(2)4;2*3-1(4)2(5,6)10(7,8)9;;;/h2*8-9H,3-7,10H2,1-2H3;1-2H3;2*1H,(H,7,8,9);1H4;1H;/q;;;;;;;+1/p-3. The van der Waals surface area contributed by atoms with Crippen molar-refractivity contribution in [3.63, 3.8) is 0 Å². The van der Waals surface area contributed by atoms with Gasteiger partial charge in [-0.3, -0.25) is 0 Å². The Balaban J connectivity index is -0.000000126. The summed E-state index contributed by atoms with van der Waals surface area (Å²) in [5.74, 6) is 0.167. The molecule has 0 aromatic carbocycles. The van der Waals surface area contributed by atoms with Gasteiger partial charge >= 0.3 is 74.7 Å². The molecule has 2 aliphatic heterocycles. The van der Waals surface area contributed by atoms with E-state index in [1.54, 1.807) is 0 Å². The topological polar surface area (TPSA) is 144 Å². The van der Waals surface area contributed by atoms with Crippen molar-refractivity contribution in [3.8, 4) is 0 Å². The van der Waals surface area contributed by atoms with E-state index < -0.39 is 43.6 Å². The van der Waals surface area contributed by atoms with Crippen LogP contribution in [0.3, 0.4) is 0 Å². The molecule has 0 amide bonds. The molecule has 11 nitrogen and oxygen atoms in total. The van der Waals surface area contributed by atoms with Gasteiger partial charge in [-0.25, -0.2) is 34.4 Å². The van der Waals surface area contributed by atoms with Crippen molar-refractivity contribution in [1.82, 2.24) is 19.6 Å². The van der Waals surface area contributed by atoms with E-state index in [2.05, 4.69) is 72.3 Å². The molecule has 2 heterocycles. The summed E-state index contributed by atoms with van der Waals surface area (Å²) in [6.45, 7) is 12.2. The Hall–Kier alpha value is -0.464. The maximum absolute atomic E-state index is 11.4. The maximum Gasteiger partial charge on any atom is 1.00 e. The average molecular weight is 847 g/mol. The number of carbonyl (C=O) groups is 1. The molecular formula is C28H52ClF8KN4O7S2-2. The van der Waals surface area contributed by atoms with Gasteiger partial charge in [0.2, 0.25) is 0 Å². The van der Waals surface area contributed by atoms with E-state index in [4.69, 9.17) is 0 Å². The van der Waals surface area contributed by atoms with Crippen molar-refractivity contribution >= 4 is 26.0 Å². The molecule has 0 atom stereocenters. The largest absolute Gasteiger partial charge is 1.00 e. The Morgan fingerprint density at radius 1 is 0.667 bits per heavy atom. The van der Waals surface area contributed by atoms with Gasteiger partial charge in [-0.1, -0.05) is 59.8 Å². The van der Waals surface area contributed by atoms with Crippen LogP contribution >= 0.6 is 0 Å². The average Bonchev–Trinajstić information content (AvgIpc) is 3.55. The van der Waals surface area contributed by atoms with Crippen LogP contribution in [0.1, 0.15) is 86.5 Å². The van der Waals surface area contributed by atoms with Crippen LogP contribution in [0.4, 0.5) is 35.1 Å². The summed E-state index contributed by atoms with van der Waals surface area (Å²) in [5, 5.41) is -11.0. The van der Waals surface area contributed by atoms with Crippen LogP contribution in [0.5, 0.6) is 0 Å². The minimum atomic E-state index is -6.23. The van der Waals surface area contributed by atoms with Gasteiger partial charge in [0.15, 0.2) is 20.2 Å². The zero-order chi connectivity index (χ0) is 38.4. The molecule has 2 rings (SSSR count). The van der Waals surface area contributed by atoms with Gasteiger partial charge < -0.3 is 45.9 Å². The minimum absolute atomic E-state index is 0. The predicted octanol–water partition coefficient (Wildman–Crippen LogP) is 0.504. The monoisotopic (exact) mass is 846 g/mol. The molecule has 23 heteroatoms. The van der Waals surface area contributed by atoms with E-state index in [9.17, 15) is 65.9 Å². The number of carbonyl (C=O) groups excluding carboxylic acids is 1. The molecule has 0 saturated carbocycles. The van der Waals surface area contributed by atoms with Crippen LogP contribution in [0.15, 0.2) is 24.8 Å². The number of ketones is 1. The van der Waals surface area contributed by atoms with Crippen molar-refractivity contribution in [2.45, 2.75) is 110 Å². The quantitative estimate of drug-likeness (QED) is 0.104. The number of unbranched alkanes of at least 4 members (excludes halogenated alkanes) is 6. The number of hydrogen-bond donors (Lipinski definition) is 0. The number of rotatable bonds is 14. The Kier molecular flexibility index (Phi) is 39.0. The third-order valence-corrected chi connectivity index (χ3v) is 7.34. The van der Waals surface area contributed by atoms with Crippen molar-refractivity contribution < 1.29 is 130 Å². The Morgan fingerprint density at radius 3 is 1.06 bits per heavy atom. The summed E-state index contributed by atoms with van der Waals surface area (Å²) in [5.41, 5.74) is 0. The molecule has 304 valence electrons. The van der Waals surface area contributed by atoms with E-state index in [0.717, 1.165) is 13.3 Å². The van der Waals surface area contributed by atoms with E-state index in [1.165, 1.54) is 78.3 Å². The van der Waals surface area contributed by atoms with Gasteiger partial charge in [0.1, 0.15) is 5.78 Å². The molecule has 0 saturated heterocycles. The second kappa shape index (κ2) is 31.8. The molecule has 2 aliphatic rings. The van der Waals surface area contributed by atoms with Crippen molar-refractivity contribution in [2.24, 2.45) is 0 Å². The van der Waals surface area contributed by atoms with Gasteiger partial charge in [0.05, 0.1) is 13.3 Å². The second-order valence-electron chi connectivity index (χ2n) is 10.7. The Morgan fingerprint density at radius 2 is 0.922 bits per heavy atom. The van der Waals surface area contributed by atoms with Gasteiger partial charge in [-0.05, 0) is 26.7 Å². The van der Waals surface area contributed by atoms with E-state index in [0.29, 0.717) is 0 Å². The number of hydrogen-bond acceptors (Lipinski definition) is 11. The molecule has 0 unspecified atom stereocenters. The van der Waals surface area contributed by atoms with Crippen LogP contribution in [0.2, 0.25) is 0 Å². The van der Waals surface area contributed by atoms with Gasteiger partial charge in [0.25, 0.3) is 0 Å². The van der Waals surface area contributed by atoms with Gasteiger partial charge in [0, 0.05) is 52.0 Å². The van der Waals surface area contributed by atoms with Crippen LogP contribution in [0, 0.1) is 0 Å². The fraction of sp³-hybridized carbons (Fsp3) is 0.821. The zero-order valence-electron chi connectivity index (χ0n) is 29.3. The van der Waals surface area contributed by atoms with E-state index >= 15 is 0 Å². The summed E-state index contributed by atoms with van der Waals surface area (Å²) in [4.78, 5) is 18.6. The van der Waals surface area contributed by atoms with Crippen LogP contribution in [0.25, 0.3) is 0 Å². The Bertz CT molecular complexity index is 1080. The molecule has 0 fully saturated rings. The van der Waals surface area contributed by atoms with E-state index in [1.807, 2.05) is 0 Å². The minimum Gasteiger partial charge on any atom is -1.00 e. The fourth-order valence-electron chi connectivity index (χ4n) is 3.17. The summed E-state index contributed by atoms with van der Waals surface area (Å²) < 4.78 is 145. The molecule has 0 bridgehead atoms. The maximum atomic E-state index is 11.4. The first-order valence-corrected chi connectivity index (χ1v) is 17.5. The normalized spacial score (nSPS) is 13.7. The molecule has 0 N–H and O–H groups in total. The van der Waals surface area contributed by atoms with Gasteiger partial charge in [-0.2, -0.15) is 17.6 Å². The number of alkyl halides is 8. The van der Waals surface area contributed by atoms with Crippen LogP contribution in [-0.4, -0.2) is 115 Å². The van der Waals surface area contributed by atoms with E-state index in [-0.39, 0.29) is 77.0 Å². The van der Waals surface area contributed by atoms with Crippen LogP contribution in [-0.2, 0) is 25.0 Å². The first-order valence-electron chi connectivity index (χ1n) is 14.7. The first kappa shape index (κ1) is 62.5. The number of Topliss-reactive ketones (excluding diaryl/α,β-unsaturated/α-hetero) is 1. The van der Waals surface area contributed by atoms with Crippen LogP contribution < -0.4 is 63.8 Å². The number of halogens is 9. The first-order chi connectivity index (χ1) is 21.8.